The average Bonchev–Trinajstić information content (AvgIpc) is 3.43. The molecular formula is C17H16N6O2S2. The highest BCUT2D eigenvalue weighted by molar-refractivity contribution is 7.99. The van der Waals surface area contributed by atoms with Gasteiger partial charge in [0.25, 0.3) is 5.89 Å². The number of benzene rings is 1. The Morgan fingerprint density at radius 1 is 1.19 bits per heavy atom. The number of hydrogen-bond acceptors (Lipinski definition) is 9. The van der Waals surface area contributed by atoms with E-state index in [-0.39, 0.29) is 5.25 Å². The van der Waals surface area contributed by atoms with E-state index in [9.17, 15) is 0 Å². The topological polar surface area (TPSA) is 91.8 Å². The van der Waals surface area contributed by atoms with E-state index in [2.05, 4.69) is 25.7 Å². The van der Waals surface area contributed by atoms with Gasteiger partial charge >= 0.3 is 0 Å². The SMILES string of the molecule is CCOc1ccccc1-n1nnnc1SC(C)c1nnc(-c2cccs2)o1. The van der Waals surface area contributed by atoms with Gasteiger partial charge < -0.3 is 9.15 Å². The Hall–Kier alpha value is -2.72. The summed E-state index contributed by atoms with van der Waals surface area (Å²) >= 11 is 3.00. The summed E-state index contributed by atoms with van der Waals surface area (Å²) in [6.45, 7) is 4.48. The number of para-hydroxylation sites is 2. The first-order valence-electron chi connectivity index (χ1n) is 8.30. The molecule has 0 fully saturated rings. The Kier molecular flexibility index (Phi) is 5.16. The Balaban J connectivity index is 1.57. The van der Waals surface area contributed by atoms with E-state index in [1.165, 1.54) is 11.8 Å². The fourth-order valence-corrected chi connectivity index (χ4v) is 3.90. The summed E-state index contributed by atoms with van der Waals surface area (Å²) in [7, 11) is 0. The van der Waals surface area contributed by atoms with Crippen molar-refractivity contribution < 1.29 is 9.15 Å². The molecule has 0 spiro atoms. The standard InChI is InChI=1S/C17H16N6O2S2/c1-3-24-13-8-5-4-7-12(13)23-17(20-21-22-23)27-11(2)15-18-19-16(25-15)14-9-6-10-26-14/h4-11H,3H2,1-2H3. The molecule has 4 aromatic rings. The zero-order valence-corrected chi connectivity index (χ0v) is 16.3. The Labute approximate surface area is 163 Å². The van der Waals surface area contributed by atoms with Crippen molar-refractivity contribution in [3.05, 3.63) is 47.7 Å². The van der Waals surface area contributed by atoms with E-state index in [0.29, 0.717) is 23.5 Å². The van der Waals surface area contributed by atoms with Crippen LogP contribution < -0.4 is 4.74 Å². The summed E-state index contributed by atoms with van der Waals surface area (Å²) in [5.74, 6) is 1.77. The smallest absolute Gasteiger partial charge is 0.257 e. The minimum Gasteiger partial charge on any atom is -0.492 e. The van der Waals surface area contributed by atoms with Crippen molar-refractivity contribution in [3.8, 4) is 22.2 Å². The number of ether oxygens (including phenoxy) is 1. The summed E-state index contributed by atoms with van der Waals surface area (Å²) in [6, 6.07) is 11.5. The van der Waals surface area contributed by atoms with Crippen LogP contribution in [0.4, 0.5) is 0 Å². The van der Waals surface area contributed by atoms with Crippen molar-refractivity contribution >= 4 is 23.1 Å². The van der Waals surface area contributed by atoms with Crippen LogP contribution in [0, 0.1) is 0 Å². The largest absolute Gasteiger partial charge is 0.492 e. The van der Waals surface area contributed by atoms with Crippen LogP contribution in [-0.4, -0.2) is 37.0 Å². The fraction of sp³-hybridized carbons (Fsp3) is 0.235. The minimum absolute atomic E-state index is 0.116. The molecule has 0 bridgehead atoms. The lowest BCUT2D eigenvalue weighted by Gasteiger charge is -2.11. The van der Waals surface area contributed by atoms with Crippen molar-refractivity contribution in [3.63, 3.8) is 0 Å². The molecule has 0 aliphatic rings. The predicted octanol–water partition coefficient (Wildman–Crippen LogP) is 4.03. The lowest BCUT2D eigenvalue weighted by Crippen LogP contribution is -2.04. The van der Waals surface area contributed by atoms with E-state index in [4.69, 9.17) is 9.15 Å². The second-order valence-electron chi connectivity index (χ2n) is 5.46. The molecule has 1 unspecified atom stereocenters. The van der Waals surface area contributed by atoms with Crippen LogP contribution in [0.1, 0.15) is 25.0 Å². The average molecular weight is 400 g/mol. The molecule has 8 nitrogen and oxygen atoms in total. The van der Waals surface area contributed by atoms with Crippen molar-refractivity contribution in [2.24, 2.45) is 0 Å². The molecule has 3 heterocycles. The summed E-state index contributed by atoms with van der Waals surface area (Å²) in [4.78, 5) is 0.946. The van der Waals surface area contributed by atoms with Gasteiger partial charge in [-0.1, -0.05) is 30.0 Å². The maximum absolute atomic E-state index is 5.81. The van der Waals surface area contributed by atoms with Crippen LogP contribution in [0.25, 0.3) is 16.5 Å². The highest BCUT2D eigenvalue weighted by Crippen LogP contribution is 2.36. The first-order valence-corrected chi connectivity index (χ1v) is 10.1. The number of thioether (sulfide) groups is 1. The number of nitrogens with zero attached hydrogens (tertiary/aromatic N) is 6. The zero-order chi connectivity index (χ0) is 18.6. The molecule has 0 aliphatic heterocycles. The van der Waals surface area contributed by atoms with Crippen LogP contribution in [0.3, 0.4) is 0 Å². The molecule has 0 N–H and O–H groups in total. The van der Waals surface area contributed by atoms with Gasteiger partial charge in [-0.2, -0.15) is 4.68 Å². The second kappa shape index (κ2) is 7.89. The molecule has 10 heteroatoms. The summed E-state index contributed by atoms with van der Waals surface area (Å²) in [6.07, 6.45) is 0. The van der Waals surface area contributed by atoms with Crippen LogP contribution in [0.15, 0.2) is 51.4 Å². The zero-order valence-electron chi connectivity index (χ0n) is 14.6. The molecule has 0 radical (unpaired) electrons. The molecule has 3 aromatic heterocycles. The van der Waals surface area contributed by atoms with Crippen molar-refractivity contribution in [1.29, 1.82) is 0 Å². The first kappa shape index (κ1) is 17.7. The fourth-order valence-electron chi connectivity index (χ4n) is 2.42. The molecule has 0 saturated carbocycles. The van der Waals surface area contributed by atoms with Gasteiger partial charge in [0.15, 0.2) is 0 Å². The van der Waals surface area contributed by atoms with Gasteiger partial charge in [-0.3, -0.25) is 0 Å². The Morgan fingerprint density at radius 2 is 2.07 bits per heavy atom. The van der Waals surface area contributed by atoms with Crippen LogP contribution in [0.5, 0.6) is 5.75 Å². The summed E-state index contributed by atoms with van der Waals surface area (Å²) < 4.78 is 13.2. The van der Waals surface area contributed by atoms with E-state index >= 15 is 0 Å². The van der Waals surface area contributed by atoms with E-state index in [0.717, 1.165) is 16.3 Å². The third-order valence-corrected chi connectivity index (χ3v) is 5.52. The summed E-state index contributed by atoms with van der Waals surface area (Å²) in [5, 5.41) is 22.8. The van der Waals surface area contributed by atoms with Crippen LogP contribution in [-0.2, 0) is 0 Å². The third kappa shape index (κ3) is 3.71. The van der Waals surface area contributed by atoms with Gasteiger partial charge in [0.1, 0.15) is 11.4 Å². The van der Waals surface area contributed by atoms with Gasteiger partial charge in [-0.05, 0) is 47.9 Å². The number of hydrogen-bond donors (Lipinski definition) is 0. The molecular weight excluding hydrogens is 384 g/mol. The number of tetrazole rings is 1. The van der Waals surface area contributed by atoms with Gasteiger partial charge in [-0.25, -0.2) is 0 Å². The van der Waals surface area contributed by atoms with Crippen molar-refractivity contribution in [2.75, 3.05) is 6.61 Å². The van der Waals surface area contributed by atoms with Crippen LogP contribution >= 0.6 is 23.1 Å². The maximum atomic E-state index is 5.81. The Morgan fingerprint density at radius 3 is 2.89 bits per heavy atom. The number of aromatic nitrogens is 6. The van der Waals surface area contributed by atoms with Gasteiger partial charge in [-0.15, -0.1) is 26.6 Å². The number of rotatable bonds is 7. The first-order chi connectivity index (χ1) is 13.3. The molecule has 138 valence electrons. The molecule has 1 atom stereocenters. The molecule has 27 heavy (non-hydrogen) atoms. The third-order valence-electron chi connectivity index (χ3n) is 3.64. The van der Waals surface area contributed by atoms with Gasteiger partial charge in [0, 0.05) is 0 Å². The Bertz CT molecular complexity index is 1010. The second-order valence-corrected chi connectivity index (χ2v) is 7.71. The molecule has 4 rings (SSSR count). The lowest BCUT2D eigenvalue weighted by molar-refractivity contribution is 0.337. The van der Waals surface area contributed by atoms with E-state index in [1.807, 2.05) is 55.6 Å². The quantitative estimate of drug-likeness (QED) is 0.430. The van der Waals surface area contributed by atoms with E-state index in [1.54, 1.807) is 16.0 Å². The summed E-state index contributed by atoms with van der Waals surface area (Å²) in [5.41, 5.74) is 0.781. The highest BCUT2D eigenvalue weighted by atomic mass is 32.2. The van der Waals surface area contributed by atoms with Gasteiger partial charge in [0.05, 0.1) is 16.7 Å². The van der Waals surface area contributed by atoms with Crippen molar-refractivity contribution in [2.45, 2.75) is 24.3 Å². The predicted molar refractivity (Wildman–Crippen MR) is 102 cm³/mol. The molecule has 0 saturated heterocycles. The number of thiophene rings is 1. The maximum Gasteiger partial charge on any atom is 0.257 e. The van der Waals surface area contributed by atoms with Gasteiger partial charge in [0.2, 0.25) is 11.0 Å². The van der Waals surface area contributed by atoms with Crippen LogP contribution in [0.2, 0.25) is 0 Å². The van der Waals surface area contributed by atoms with Crippen molar-refractivity contribution in [1.82, 2.24) is 30.4 Å². The van der Waals surface area contributed by atoms with E-state index < -0.39 is 0 Å². The monoisotopic (exact) mass is 400 g/mol. The lowest BCUT2D eigenvalue weighted by atomic mass is 10.3. The molecule has 1 aromatic carbocycles. The normalized spacial score (nSPS) is 12.2. The molecule has 0 aliphatic carbocycles. The highest BCUT2D eigenvalue weighted by Gasteiger charge is 2.21. The molecule has 0 amide bonds. The minimum atomic E-state index is -0.116.